The van der Waals surface area contributed by atoms with Crippen LogP contribution in [0.2, 0.25) is 0 Å². The predicted octanol–water partition coefficient (Wildman–Crippen LogP) is 5.42. The van der Waals surface area contributed by atoms with Gasteiger partial charge in [0.05, 0.1) is 22.2 Å². The van der Waals surface area contributed by atoms with Gasteiger partial charge in [-0.15, -0.1) is 0 Å². The molecular weight excluding hydrogens is 538 g/mol. The Morgan fingerprint density at radius 1 is 1.19 bits per heavy atom. The minimum Gasteiger partial charge on any atom is -0.496 e. The van der Waals surface area contributed by atoms with Crippen molar-refractivity contribution in [1.29, 1.82) is 0 Å². The van der Waals surface area contributed by atoms with Gasteiger partial charge in [0.15, 0.2) is 0 Å². The first-order chi connectivity index (χ1) is 17.3. The SMILES string of the molecule is COc1ccc(/C=C2/Sc3ccccc3N(CC(=O)NCCCN3C[C@H](C)C[C@H](C)C3)C2=O)cc1Br. The van der Waals surface area contributed by atoms with E-state index in [2.05, 4.69) is 40.0 Å². The fourth-order valence-electron chi connectivity index (χ4n) is 5.05. The van der Waals surface area contributed by atoms with Gasteiger partial charge < -0.3 is 15.0 Å². The Hall–Kier alpha value is -2.29. The highest BCUT2D eigenvalue weighted by Crippen LogP contribution is 2.42. The Bertz CT molecular complexity index is 1130. The van der Waals surface area contributed by atoms with E-state index in [4.69, 9.17) is 4.74 Å². The molecule has 0 radical (unpaired) electrons. The first-order valence-corrected chi connectivity index (χ1v) is 14.1. The maximum atomic E-state index is 13.4. The van der Waals surface area contributed by atoms with Crippen molar-refractivity contribution in [3.63, 3.8) is 0 Å². The van der Waals surface area contributed by atoms with E-state index in [1.54, 1.807) is 12.0 Å². The van der Waals surface area contributed by atoms with Crippen molar-refractivity contribution in [2.24, 2.45) is 11.8 Å². The first-order valence-electron chi connectivity index (χ1n) is 12.5. The molecule has 1 N–H and O–H groups in total. The summed E-state index contributed by atoms with van der Waals surface area (Å²) in [4.78, 5) is 31.9. The monoisotopic (exact) mass is 571 g/mol. The van der Waals surface area contributed by atoms with E-state index in [1.165, 1.54) is 18.2 Å². The molecule has 1 fully saturated rings. The topological polar surface area (TPSA) is 61.9 Å². The van der Waals surface area contributed by atoms with Crippen LogP contribution < -0.4 is 15.0 Å². The quantitative estimate of drug-likeness (QED) is 0.338. The summed E-state index contributed by atoms with van der Waals surface area (Å²) in [6.07, 6.45) is 4.06. The highest BCUT2D eigenvalue weighted by molar-refractivity contribution is 9.10. The molecule has 2 aromatic rings. The van der Waals surface area contributed by atoms with Crippen LogP contribution in [0.5, 0.6) is 5.75 Å². The van der Waals surface area contributed by atoms with Gasteiger partial charge in [-0.2, -0.15) is 0 Å². The van der Waals surface area contributed by atoms with Crippen LogP contribution in [-0.2, 0) is 9.59 Å². The van der Waals surface area contributed by atoms with Crippen molar-refractivity contribution in [2.45, 2.75) is 31.6 Å². The Morgan fingerprint density at radius 2 is 1.94 bits per heavy atom. The Balaban J connectivity index is 1.40. The van der Waals surface area contributed by atoms with Gasteiger partial charge in [0, 0.05) is 24.5 Å². The standard InChI is InChI=1S/C28H34BrN3O3S/c1-19-13-20(2)17-31(16-19)12-6-11-30-27(33)18-32-23-7-4-5-8-25(23)36-26(28(32)34)15-21-9-10-24(35-3)22(29)14-21/h4-5,7-10,14-15,19-20H,6,11-13,16-18H2,1-3H3,(H,30,33)/b26-15+/t19-,20+. The molecule has 2 heterocycles. The second-order valence-corrected chi connectivity index (χ2v) is 11.7. The van der Waals surface area contributed by atoms with Gasteiger partial charge in [0.25, 0.3) is 5.91 Å². The average Bonchev–Trinajstić information content (AvgIpc) is 2.84. The Morgan fingerprint density at radius 3 is 2.67 bits per heavy atom. The lowest BCUT2D eigenvalue weighted by Gasteiger charge is -2.35. The van der Waals surface area contributed by atoms with Crippen LogP contribution >= 0.6 is 27.7 Å². The molecule has 2 aliphatic rings. The number of para-hydroxylation sites is 1. The number of thioether (sulfide) groups is 1. The molecule has 0 spiro atoms. The van der Waals surface area contributed by atoms with E-state index in [1.807, 2.05) is 48.5 Å². The number of carbonyl (C=O) groups excluding carboxylic acids is 2. The largest absolute Gasteiger partial charge is 0.496 e. The van der Waals surface area contributed by atoms with Crippen molar-refractivity contribution in [1.82, 2.24) is 10.2 Å². The number of hydrogen-bond donors (Lipinski definition) is 1. The fraction of sp³-hybridized carbons (Fsp3) is 0.429. The number of anilines is 1. The lowest BCUT2D eigenvalue weighted by atomic mass is 9.92. The molecule has 0 unspecified atom stereocenters. The zero-order valence-corrected chi connectivity index (χ0v) is 23.5. The number of piperidine rings is 1. The van der Waals surface area contributed by atoms with E-state index < -0.39 is 0 Å². The van der Waals surface area contributed by atoms with Crippen LogP contribution in [0.4, 0.5) is 5.69 Å². The van der Waals surface area contributed by atoms with Crippen molar-refractivity contribution < 1.29 is 14.3 Å². The second-order valence-electron chi connectivity index (χ2n) is 9.77. The van der Waals surface area contributed by atoms with Crippen molar-refractivity contribution in [3.8, 4) is 5.75 Å². The number of nitrogens with one attached hydrogen (secondary N) is 1. The third-order valence-electron chi connectivity index (χ3n) is 6.53. The number of halogens is 1. The summed E-state index contributed by atoms with van der Waals surface area (Å²) in [5, 5.41) is 3.02. The molecule has 8 heteroatoms. The number of nitrogens with zero attached hydrogens (tertiary/aromatic N) is 2. The van der Waals surface area contributed by atoms with Crippen LogP contribution in [0.1, 0.15) is 32.3 Å². The van der Waals surface area contributed by atoms with Gasteiger partial charge in [-0.05, 0) is 83.1 Å². The van der Waals surface area contributed by atoms with E-state index >= 15 is 0 Å². The number of ether oxygens (including phenoxy) is 1. The van der Waals surface area contributed by atoms with Crippen LogP contribution in [-0.4, -0.2) is 56.5 Å². The molecular formula is C28H34BrN3O3S. The zero-order valence-electron chi connectivity index (χ0n) is 21.1. The molecule has 4 rings (SSSR count). The van der Waals surface area contributed by atoms with Gasteiger partial charge in [0.2, 0.25) is 5.91 Å². The number of benzene rings is 2. The smallest absolute Gasteiger partial charge is 0.265 e. The molecule has 36 heavy (non-hydrogen) atoms. The summed E-state index contributed by atoms with van der Waals surface area (Å²) in [6, 6.07) is 13.4. The second kappa shape index (κ2) is 12.3. The molecule has 1 saturated heterocycles. The predicted molar refractivity (Wildman–Crippen MR) is 150 cm³/mol. The van der Waals surface area contributed by atoms with Crippen molar-refractivity contribution >= 4 is 51.3 Å². The van der Waals surface area contributed by atoms with Crippen molar-refractivity contribution in [2.75, 3.05) is 44.7 Å². The fourth-order valence-corrected chi connectivity index (χ4v) is 6.66. The van der Waals surface area contributed by atoms with E-state index in [9.17, 15) is 9.59 Å². The normalized spacial score (nSPS) is 21.4. The number of likely N-dealkylation sites (tertiary alicyclic amines) is 1. The number of methoxy groups -OCH3 is 1. The average molecular weight is 573 g/mol. The van der Waals surface area contributed by atoms with Crippen molar-refractivity contribution in [3.05, 3.63) is 57.4 Å². The zero-order chi connectivity index (χ0) is 25.7. The lowest BCUT2D eigenvalue weighted by molar-refractivity contribution is -0.122. The molecule has 0 aliphatic carbocycles. The Labute approximate surface area is 226 Å². The number of rotatable bonds is 8. The van der Waals surface area contributed by atoms with Gasteiger partial charge >= 0.3 is 0 Å². The number of hydrogen-bond acceptors (Lipinski definition) is 5. The number of fused-ring (bicyclic) bond motifs is 1. The summed E-state index contributed by atoms with van der Waals surface area (Å²) >= 11 is 4.94. The van der Waals surface area contributed by atoms with E-state index in [0.717, 1.165) is 64.3 Å². The van der Waals surface area contributed by atoms with Crippen LogP contribution in [0, 0.1) is 11.8 Å². The summed E-state index contributed by atoms with van der Waals surface area (Å²) in [5.74, 6) is 1.88. The van der Waals surface area contributed by atoms with E-state index in [-0.39, 0.29) is 18.4 Å². The maximum absolute atomic E-state index is 13.4. The van der Waals surface area contributed by atoms with E-state index in [0.29, 0.717) is 11.4 Å². The summed E-state index contributed by atoms with van der Waals surface area (Å²) < 4.78 is 6.12. The minimum atomic E-state index is -0.169. The molecule has 2 aromatic carbocycles. The molecule has 2 aliphatic heterocycles. The third kappa shape index (κ3) is 6.72. The van der Waals surface area contributed by atoms with Gasteiger partial charge in [-0.25, -0.2) is 0 Å². The molecule has 0 aromatic heterocycles. The molecule has 6 nitrogen and oxygen atoms in total. The number of carbonyl (C=O) groups is 2. The number of amides is 2. The maximum Gasteiger partial charge on any atom is 0.265 e. The third-order valence-corrected chi connectivity index (χ3v) is 8.22. The highest BCUT2D eigenvalue weighted by Gasteiger charge is 2.30. The van der Waals surface area contributed by atoms with Crippen LogP contribution in [0.15, 0.2) is 56.7 Å². The minimum absolute atomic E-state index is 0.00215. The summed E-state index contributed by atoms with van der Waals surface area (Å²) in [7, 11) is 1.62. The molecule has 2 amide bonds. The molecule has 0 saturated carbocycles. The summed E-state index contributed by atoms with van der Waals surface area (Å²) in [5.41, 5.74) is 1.65. The van der Waals surface area contributed by atoms with Gasteiger partial charge in [0.1, 0.15) is 12.3 Å². The lowest BCUT2D eigenvalue weighted by Crippen LogP contribution is -2.43. The molecule has 192 valence electrons. The highest BCUT2D eigenvalue weighted by atomic mass is 79.9. The van der Waals surface area contributed by atoms with Crippen LogP contribution in [0.25, 0.3) is 6.08 Å². The van der Waals surface area contributed by atoms with Gasteiger partial charge in [-0.3, -0.25) is 14.5 Å². The molecule has 2 atom stereocenters. The van der Waals surface area contributed by atoms with Crippen LogP contribution in [0.3, 0.4) is 0 Å². The Kier molecular flexibility index (Phi) is 9.14. The first kappa shape index (κ1) is 26.8. The molecule has 0 bridgehead atoms. The summed E-state index contributed by atoms with van der Waals surface area (Å²) in [6.45, 7) is 8.49. The van der Waals surface area contributed by atoms with Gasteiger partial charge in [-0.1, -0.05) is 43.8 Å².